The molecule has 1 aliphatic carbocycles. The van der Waals surface area contributed by atoms with Gasteiger partial charge in [-0.05, 0) is 37.0 Å². The molecule has 1 amide bonds. The van der Waals surface area contributed by atoms with Crippen LogP contribution in [-0.2, 0) is 11.3 Å². The molecule has 0 bridgehead atoms. The molecule has 0 spiro atoms. The van der Waals surface area contributed by atoms with Crippen molar-refractivity contribution in [2.24, 2.45) is 5.92 Å². The molecule has 1 fully saturated rings. The van der Waals surface area contributed by atoms with E-state index in [9.17, 15) is 4.79 Å². The van der Waals surface area contributed by atoms with E-state index in [2.05, 4.69) is 27.9 Å². The van der Waals surface area contributed by atoms with Crippen molar-refractivity contribution < 1.29 is 9.53 Å². The highest BCUT2D eigenvalue weighted by atomic mass is 16.5. The molecule has 3 heterocycles. The summed E-state index contributed by atoms with van der Waals surface area (Å²) in [5, 5.41) is 0. The normalized spacial score (nSPS) is 19.8. The van der Waals surface area contributed by atoms with E-state index in [1.165, 1.54) is 18.5 Å². The molecular formula is C19H23N3O2. The third-order valence-electron chi connectivity index (χ3n) is 4.90. The van der Waals surface area contributed by atoms with Crippen molar-refractivity contribution in [3.63, 3.8) is 0 Å². The number of ether oxygens (including phenoxy) is 1. The van der Waals surface area contributed by atoms with E-state index in [0.29, 0.717) is 24.3 Å². The number of hydrogen-bond donors (Lipinski definition) is 0. The molecule has 0 N–H and O–H groups in total. The van der Waals surface area contributed by atoms with Crippen molar-refractivity contribution in [2.75, 3.05) is 13.2 Å². The summed E-state index contributed by atoms with van der Waals surface area (Å²) in [6.45, 7) is 2.11. The first-order valence-electron chi connectivity index (χ1n) is 8.77. The highest BCUT2D eigenvalue weighted by Gasteiger charge is 2.31. The number of amides is 1. The molecule has 5 heteroatoms. The van der Waals surface area contributed by atoms with Crippen LogP contribution in [0.5, 0.6) is 5.88 Å². The van der Waals surface area contributed by atoms with E-state index < -0.39 is 0 Å². The summed E-state index contributed by atoms with van der Waals surface area (Å²) in [6, 6.07) is 10.1. The Kier molecular flexibility index (Phi) is 4.24. The zero-order valence-electron chi connectivity index (χ0n) is 13.8. The van der Waals surface area contributed by atoms with Crippen LogP contribution in [0.3, 0.4) is 0 Å². The molecule has 1 unspecified atom stereocenters. The number of hydrogen-bond acceptors (Lipinski definition) is 3. The van der Waals surface area contributed by atoms with Gasteiger partial charge in [-0.1, -0.05) is 6.07 Å². The van der Waals surface area contributed by atoms with Crippen LogP contribution in [0.1, 0.15) is 37.4 Å². The molecule has 2 aromatic heterocycles. The first-order chi connectivity index (χ1) is 11.8. The monoisotopic (exact) mass is 325 g/mol. The van der Waals surface area contributed by atoms with Crippen LogP contribution in [0.15, 0.2) is 42.7 Å². The Hall–Kier alpha value is -2.30. The predicted molar refractivity (Wildman–Crippen MR) is 90.6 cm³/mol. The van der Waals surface area contributed by atoms with E-state index in [4.69, 9.17) is 4.74 Å². The largest absolute Gasteiger partial charge is 0.478 e. The summed E-state index contributed by atoms with van der Waals surface area (Å²) in [7, 11) is 0. The SMILES string of the molecule is O=C(CC1CC1)N1Cc2cccn2C(CCOc2ccccn2)C1. The van der Waals surface area contributed by atoms with Gasteiger partial charge < -0.3 is 14.2 Å². The van der Waals surface area contributed by atoms with Crippen LogP contribution in [0, 0.1) is 5.92 Å². The summed E-state index contributed by atoms with van der Waals surface area (Å²) in [5.41, 5.74) is 1.22. The van der Waals surface area contributed by atoms with Crippen molar-refractivity contribution in [2.45, 2.75) is 38.3 Å². The molecular weight excluding hydrogens is 302 g/mol. The molecule has 0 radical (unpaired) electrons. The number of rotatable bonds is 6. The molecule has 1 atom stereocenters. The minimum absolute atomic E-state index is 0.274. The topological polar surface area (TPSA) is 47.4 Å². The van der Waals surface area contributed by atoms with Gasteiger partial charge in [-0.15, -0.1) is 0 Å². The van der Waals surface area contributed by atoms with Gasteiger partial charge in [-0.2, -0.15) is 0 Å². The maximum absolute atomic E-state index is 12.5. The van der Waals surface area contributed by atoms with Crippen LogP contribution in [-0.4, -0.2) is 33.5 Å². The molecule has 126 valence electrons. The van der Waals surface area contributed by atoms with Crippen molar-refractivity contribution in [1.29, 1.82) is 0 Å². The Morgan fingerprint density at radius 3 is 2.96 bits per heavy atom. The maximum atomic E-state index is 12.5. The van der Waals surface area contributed by atoms with E-state index in [0.717, 1.165) is 25.9 Å². The quantitative estimate of drug-likeness (QED) is 0.820. The number of fused-ring (bicyclic) bond motifs is 1. The molecule has 0 saturated heterocycles. The van der Waals surface area contributed by atoms with Crippen LogP contribution in [0.2, 0.25) is 0 Å². The van der Waals surface area contributed by atoms with Crippen molar-refractivity contribution in [3.8, 4) is 5.88 Å². The van der Waals surface area contributed by atoms with Crippen molar-refractivity contribution in [3.05, 3.63) is 48.4 Å². The minimum Gasteiger partial charge on any atom is -0.478 e. The number of nitrogens with zero attached hydrogens (tertiary/aromatic N) is 3. The Labute approximate surface area is 142 Å². The van der Waals surface area contributed by atoms with Crippen molar-refractivity contribution >= 4 is 5.91 Å². The molecule has 4 rings (SSSR count). The fourth-order valence-corrected chi connectivity index (χ4v) is 3.37. The summed E-state index contributed by atoms with van der Waals surface area (Å²) in [4.78, 5) is 18.7. The van der Waals surface area contributed by atoms with Gasteiger partial charge in [-0.3, -0.25) is 4.79 Å². The molecule has 24 heavy (non-hydrogen) atoms. The second-order valence-corrected chi connectivity index (χ2v) is 6.79. The van der Waals surface area contributed by atoms with Crippen molar-refractivity contribution in [1.82, 2.24) is 14.5 Å². The number of pyridine rings is 1. The van der Waals surface area contributed by atoms with Gasteiger partial charge in [0.05, 0.1) is 19.2 Å². The second kappa shape index (κ2) is 6.67. The standard InChI is InChI=1S/C19H23N3O2/c23-19(12-15-6-7-15)21-13-16-4-3-10-22(16)17(14-21)8-11-24-18-5-1-2-9-20-18/h1-5,9-10,15,17H,6-8,11-14H2. The van der Waals surface area contributed by atoms with Gasteiger partial charge in [0.1, 0.15) is 0 Å². The average Bonchev–Trinajstić information content (AvgIpc) is 3.28. The third kappa shape index (κ3) is 3.45. The van der Waals surface area contributed by atoms with Gasteiger partial charge in [0.15, 0.2) is 0 Å². The molecule has 1 saturated carbocycles. The van der Waals surface area contributed by atoms with Gasteiger partial charge in [-0.25, -0.2) is 4.98 Å². The van der Waals surface area contributed by atoms with Crippen LogP contribution < -0.4 is 4.74 Å². The van der Waals surface area contributed by atoms with Gasteiger partial charge in [0.2, 0.25) is 11.8 Å². The lowest BCUT2D eigenvalue weighted by Crippen LogP contribution is -2.41. The fourth-order valence-electron chi connectivity index (χ4n) is 3.37. The lowest BCUT2D eigenvalue weighted by molar-refractivity contribution is -0.133. The Balaban J connectivity index is 1.38. The Bertz CT molecular complexity index is 694. The Morgan fingerprint density at radius 1 is 1.25 bits per heavy atom. The van der Waals surface area contributed by atoms with Crippen LogP contribution in [0.4, 0.5) is 0 Å². The smallest absolute Gasteiger partial charge is 0.223 e. The summed E-state index contributed by atoms with van der Waals surface area (Å²) >= 11 is 0. The average molecular weight is 325 g/mol. The van der Waals surface area contributed by atoms with Gasteiger partial charge in [0.25, 0.3) is 0 Å². The third-order valence-corrected chi connectivity index (χ3v) is 4.90. The van der Waals surface area contributed by atoms with Crippen LogP contribution in [0.25, 0.3) is 0 Å². The predicted octanol–water partition coefficient (Wildman–Crippen LogP) is 3.04. The summed E-state index contributed by atoms with van der Waals surface area (Å²) in [6.07, 6.45) is 7.87. The molecule has 2 aromatic rings. The van der Waals surface area contributed by atoms with E-state index in [1.807, 2.05) is 23.1 Å². The van der Waals surface area contributed by atoms with Gasteiger partial charge >= 0.3 is 0 Å². The molecule has 1 aliphatic heterocycles. The molecule has 2 aliphatic rings. The lowest BCUT2D eigenvalue weighted by atomic mass is 10.1. The van der Waals surface area contributed by atoms with E-state index in [1.54, 1.807) is 6.20 Å². The highest BCUT2D eigenvalue weighted by molar-refractivity contribution is 5.77. The summed E-state index contributed by atoms with van der Waals surface area (Å²) < 4.78 is 8.04. The minimum atomic E-state index is 0.274. The number of carbonyl (C=O) groups excluding carboxylic acids is 1. The van der Waals surface area contributed by atoms with Crippen LogP contribution >= 0.6 is 0 Å². The number of aromatic nitrogens is 2. The Morgan fingerprint density at radius 2 is 2.17 bits per heavy atom. The first-order valence-corrected chi connectivity index (χ1v) is 8.77. The van der Waals surface area contributed by atoms with E-state index >= 15 is 0 Å². The fraction of sp³-hybridized carbons (Fsp3) is 0.474. The maximum Gasteiger partial charge on any atom is 0.223 e. The first kappa shape index (κ1) is 15.2. The molecule has 0 aromatic carbocycles. The number of carbonyl (C=O) groups is 1. The highest BCUT2D eigenvalue weighted by Crippen LogP contribution is 2.34. The molecule has 5 nitrogen and oxygen atoms in total. The second-order valence-electron chi connectivity index (χ2n) is 6.79. The van der Waals surface area contributed by atoms with E-state index in [-0.39, 0.29) is 6.04 Å². The zero-order valence-corrected chi connectivity index (χ0v) is 13.8. The zero-order chi connectivity index (χ0) is 16.4. The lowest BCUT2D eigenvalue weighted by Gasteiger charge is -2.35. The summed E-state index contributed by atoms with van der Waals surface area (Å²) in [5.74, 6) is 1.60. The van der Waals surface area contributed by atoms with Gasteiger partial charge in [0, 0.05) is 43.5 Å².